The molecule has 0 saturated carbocycles. The van der Waals surface area contributed by atoms with E-state index in [1.807, 2.05) is 32.0 Å². The predicted molar refractivity (Wildman–Crippen MR) is 81.3 cm³/mol. The van der Waals surface area contributed by atoms with E-state index in [1.165, 1.54) is 0 Å². The fraction of sp³-hybridized carbons (Fsp3) is 0.467. The molecule has 0 aliphatic heterocycles. The molecule has 20 heavy (non-hydrogen) atoms. The number of benzene rings is 1. The van der Waals surface area contributed by atoms with Crippen LogP contribution in [0.5, 0.6) is 0 Å². The van der Waals surface area contributed by atoms with E-state index >= 15 is 0 Å². The first-order valence-electron chi connectivity index (χ1n) is 6.86. The first-order chi connectivity index (χ1) is 9.60. The minimum Gasteiger partial charge on any atom is -0.440 e. The average Bonchev–Trinajstić information content (AvgIpc) is 2.82. The van der Waals surface area contributed by atoms with Gasteiger partial charge in [-0.25, -0.2) is 4.98 Å². The van der Waals surface area contributed by atoms with Crippen LogP contribution in [0, 0.1) is 0 Å². The summed E-state index contributed by atoms with van der Waals surface area (Å²) in [6, 6.07) is 5.50. The Kier molecular flexibility index (Phi) is 5.01. The lowest BCUT2D eigenvalue weighted by atomic mass is 10.2. The quantitative estimate of drug-likeness (QED) is 0.638. The van der Waals surface area contributed by atoms with Crippen molar-refractivity contribution >= 4 is 34.3 Å². The molecule has 0 spiro atoms. The summed E-state index contributed by atoms with van der Waals surface area (Å²) in [5.41, 5.74) is 2.26. The molecule has 4 nitrogen and oxygen atoms in total. The van der Waals surface area contributed by atoms with Crippen LogP contribution >= 0.6 is 11.6 Å². The Labute approximate surface area is 123 Å². The highest BCUT2D eigenvalue weighted by Crippen LogP contribution is 2.23. The zero-order valence-electron chi connectivity index (χ0n) is 11.8. The minimum absolute atomic E-state index is 0.00189. The molecule has 0 aliphatic carbocycles. The van der Waals surface area contributed by atoms with Gasteiger partial charge in [0.1, 0.15) is 5.52 Å². The summed E-state index contributed by atoms with van der Waals surface area (Å²) >= 11 is 5.59. The minimum atomic E-state index is 0.00189. The fourth-order valence-electron chi connectivity index (χ4n) is 1.87. The third-order valence-electron chi connectivity index (χ3n) is 2.97. The lowest BCUT2D eigenvalue weighted by Crippen LogP contribution is -2.10. The van der Waals surface area contributed by atoms with Crippen molar-refractivity contribution in [1.82, 2.24) is 4.98 Å². The number of carbonyl (C=O) groups excluding carboxylic acids is 1. The normalized spacial score (nSPS) is 11.2. The molecular weight excluding hydrogens is 276 g/mol. The SMILES string of the molecule is CC(C)c1nc2cc(NC(=O)CCCCCl)ccc2o1. The summed E-state index contributed by atoms with van der Waals surface area (Å²) in [5.74, 6) is 1.56. The summed E-state index contributed by atoms with van der Waals surface area (Å²) in [4.78, 5) is 16.2. The van der Waals surface area contributed by atoms with E-state index in [0.29, 0.717) is 18.2 Å². The van der Waals surface area contributed by atoms with Crippen molar-refractivity contribution in [3.63, 3.8) is 0 Å². The van der Waals surface area contributed by atoms with Gasteiger partial charge in [0.25, 0.3) is 0 Å². The third-order valence-corrected chi connectivity index (χ3v) is 3.24. The molecule has 2 aromatic rings. The lowest BCUT2D eigenvalue weighted by Gasteiger charge is -2.04. The first-order valence-corrected chi connectivity index (χ1v) is 7.40. The van der Waals surface area contributed by atoms with Crippen LogP contribution in [0.2, 0.25) is 0 Å². The molecule has 0 atom stereocenters. The number of unbranched alkanes of at least 4 members (excludes halogenated alkanes) is 1. The average molecular weight is 295 g/mol. The molecule has 0 bridgehead atoms. The van der Waals surface area contributed by atoms with Crippen LogP contribution in [0.25, 0.3) is 11.1 Å². The van der Waals surface area contributed by atoms with Crippen molar-refractivity contribution < 1.29 is 9.21 Å². The van der Waals surface area contributed by atoms with E-state index in [4.69, 9.17) is 16.0 Å². The number of hydrogen-bond acceptors (Lipinski definition) is 3. The van der Waals surface area contributed by atoms with E-state index < -0.39 is 0 Å². The Morgan fingerprint density at radius 1 is 1.40 bits per heavy atom. The fourth-order valence-corrected chi connectivity index (χ4v) is 2.06. The Hall–Kier alpha value is -1.55. The molecule has 2 rings (SSSR count). The van der Waals surface area contributed by atoms with Gasteiger partial charge in [-0.3, -0.25) is 4.79 Å². The van der Waals surface area contributed by atoms with Crippen LogP contribution in [0.4, 0.5) is 5.69 Å². The highest BCUT2D eigenvalue weighted by molar-refractivity contribution is 6.17. The van der Waals surface area contributed by atoms with Crippen molar-refractivity contribution in [3.05, 3.63) is 24.1 Å². The van der Waals surface area contributed by atoms with Gasteiger partial charge in [-0.2, -0.15) is 0 Å². The molecule has 1 amide bonds. The molecule has 0 aliphatic rings. The zero-order chi connectivity index (χ0) is 14.5. The largest absolute Gasteiger partial charge is 0.440 e. The van der Waals surface area contributed by atoms with Crippen molar-refractivity contribution in [2.24, 2.45) is 0 Å². The number of carbonyl (C=O) groups is 1. The second kappa shape index (κ2) is 6.75. The summed E-state index contributed by atoms with van der Waals surface area (Å²) < 4.78 is 5.63. The molecule has 0 saturated heterocycles. The number of hydrogen-bond donors (Lipinski definition) is 1. The number of halogens is 1. The molecule has 0 radical (unpaired) electrons. The number of oxazole rings is 1. The summed E-state index contributed by atoms with van der Waals surface area (Å²) in [6.45, 7) is 4.06. The summed E-state index contributed by atoms with van der Waals surface area (Å²) in [7, 11) is 0. The number of rotatable bonds is 6. The standard InChI is InChI=1S/C15H19ClN2O2/c1-10(2)15-18-12-9-11(6-7-13(12)20-15)17-14(19)5-3-4-8-16/h6-7,9-10H,3-5,8H2,1-2H3,(H,17,19). The van der Waals surface area contributed by atoms with Gasteiger partial charge in [0.15, 0.2) is 11.5 Å². The smallest absolute Gasteiger partial charge is 0.224 e. The van der Waals surface area contributed by atoms with Gasteiger partial charge >= 0.3 is 0 Å². The Bertz CT molecular complexity index is 593. The second-order valence-electron chi connectivity index (χ2n) is 5.08. The molecule has 1 N–H and O–H groups in total. The van der Waals surface area contributed by atoms with Crippen LogP contribution in [-0.4, -0.2) is 16.8 Å². The van der Waals surface area contributed by atoms with E-state index in [0.717, 1.165) is 29.6 Å². The number of aromatic nitrogens is 1. The van der Waals surface area contributed by atoms with Gasteiger partial charge in [-0.1, -0.05) is 13.8 Å². The van der Waals surface area contributed by atoms with Gasteiger partial charge in [0, 0.05) is 23.9 Å². The van der Waals surface area contributed by atoms with Gasteiger partial charge in [0.05, 0.1) is 0 Å². The zero-order valence-corrected chi connectivity index (χ0v) is 12.5. The van der Waals surface area contributed by atoms with Crippen LogP contribution < -0.4 is 5.32 Å². The van der Waals surface area contributed by atoms with Gasteiger partial charge in [0.2, 0.25) is 5.91 Å². The van der Waals surface area contributed by atoms with Crippen LogP contribution in [0.3, 0.4) is 0 Å². The third kappa shape index (κ3) is 3.73. The van der Waals surface area contributed by atoms with Gasteiger partial charge in [-0.15, -0.1) is 11.6 Å². The van der Waals surface area contributed by atoms with Crippen LogP contribution in [0.15, 0.2) is 22.6 Å². The Morgan fingerprint density at radius 3 is 2.90 bits per heavy atom. The predicted octanol–water partition coefficient (Wildman–Crippen LogP) is 4.30. The van der Waals surface area contributed by atoms with E-state index in [2.05, 4.69) is 10.3 Å². The number of alkyl halides is 1. The Balaban J connectivity index is 2.05. The number of nitrogens with zero attached hydrogens (tertiary/aromatic N) is 1. The van der Waals surface area contributed by atoms with E-state index in [1.54, 1.807) is 0 Å². The van der Waals surface area contributed by atoms with E-state index in [-0.39, 0.29) is 11.8 Å². The summed E-state index contributed by atoms with van der Waals surface area (Å²) in [5, 5.41) is 2.87. The maximum atomic E-state index is 11.7. The van der Waals surface area contributed by atoms with Crippen molar-refractivity contribution in [2.45, 2.75) is 39.0 Å². The second-order valence-corrected chi connectivity index (χ2v) is 5.46. The molecule has 0 fully saturated rings. The van der Waals surface area contributed by atoms with E-state index in [9.17, 15) is 4.79 Å². The molecule has 1 aromatic carbocycles. The first kappa shape index (κ1) is 14.9. The maximum absolute atomic E-state index is 11.7. The van der Waals surface area contributed by atoms with Crippen molar-refractivity contribution in [3.8, 4) is 0 Å². The molecule has 0 unspecified atom stereocenters. The van der Waals surface area contributed by atoms with Crippen LogP contribution in [-0.2, 0) is 4.79 Å². The van der Waals surface area contributed by atoms with Crippen molar-refractivity contribution in [2.75, 3.05) is 11.2 Å². The Morgan fingerprint density at radius 2 is 2.20 bits per heavy atom. The number of anilines is 1. The maximum Gasteiger partial charge on any atom is 0.224 e. The van der Waals surface area contributed by atoms with Gasteiger partial charge < -0.3 is 9.73 Å². The topological polar surface area (TPSA) is 55.1 Å². The number of fused-ring (bicyclic) bond motifs is 1. The lowest BCUT2D eigenvalue weighted by molar-refractivity contribution is -0.116. The van der Waals surface area contributed by atoms with Crippen LogP contribution in [0.1, 0.15) is 44.9 Å². The molecule has 108 valence electrons. The molecule has 1 aromatic heterocycles. The number of nitrogens with one attached hydrogen (secondary N) is 1. The molecule has 5 heteroatoms. The highest BCUT2D eigenvalue weighted by Gasteiger charge is 2.10. The highest BCUT2D eigenvalue weighted by atomic mass is 35.5. The van der Waals surface area contributed by atoms with Crippen molar-refractivity contribution in [1.29, 1.82) is 0 Å². The summed E-state index contributed by atoms with van der Waals surface area (Å²) in [6.07, 6.45) is 2.15. The number of amides is 1. The molecular formula is C15H19ClN2O2. The monoisotopic (exact) mass is 294 g/mol. The van der Waals surface area contributed by atoms with Gasteiger partial charge in [-0.05, 0) is 31.0 Å². The molecule has 1 heterocycles.